The number of carbonyl (C=O) groups excluding carboxylic acids is 1. The van der Waals surface area contributed by atoms with Gasteiger partial charge in [0.1, 0.15) is 5.60 Å². The van der Waals surface area contributed by atoms with E-state index in [1.54, 1.807) is 6.20 Å². The number of ether oxygens (including phenoxy) is 1. The van der Waals surface area contributed by atoms with E-state index in [2.05, 4.69) is 27.4 Å². The third-order valence-electron chi connectivity index (χ3n) is 2.59. The second kappa shape index (κ2) is 6.31. The fourth-order valence-electron chi connectivity index (χ4n) is 1.72. The summed E-state index contributed by atoms with van der Waals surface area (Å²) in [5.74, 6) is 6.08. The van der Waals surface area contributed by atoms with Gasteiger partial charge in [0.05, 0.1) is 11.7 Å². The van der Waals surface area contributed by atoms with Crippen molar-refractivity contribution in [2.75, 3.05) is 6.54 Å². The topological polar surface area (TPSA) is 67.0 Å². The maximum atomic E-state index is 11.4. The number of amides is 1. The van der Waals surface area contributed by atoms with Crippen molar-refractivity contribution in [3.63, 3.8) is 0 Å². The lowest BCUT2D eigenvalue weighted by Crippen LogP contribution is -2.32. The zero-order valence-electron chi connectivity index (χ0n) is 12.5. The molecule has 0 fully saturated rings. The molecule has 2 N–H and O–H groups in total. The molecular weight excluding hydrogens is 266 g/mol. The highest BCUT2D eigenvalue weighted by Gasteiger charge is 2.15. The molecule has 5 heteroatoms. The van der Waals surface area contributed by atoms with Crippen molar-refractivity contribution in [1.82, 2.24) is 15.5 Å². The average Bonchev–Trinajstić information content (AvgIpc) is 2.83. The third kappa shape index (κ3) is 4.84. The van der Waals surface area contributed by atoms with Crippen LogP contribution < -0.4 is 5.32 Å². The number of aromatic nitrogens is 2. The number of hydrogen-bond donors (Lipinski definition) is 2. The molecule has 21 heavy (non-hydrogen) atoms. The Morgan fingerprint density at radius 3 is 3.00 bits per heavy atom. The van der Waals surface area contributed by atoms with Crippen molar-refractivity contribution in [2.45, 2.75) is 32.8 Å². The Bertz CT molecular complexity index is 687. The van der Waals surface area contributed by atoms with Crippen LogP contribution in [0.3, 0.4) is 0 Å². The molecule has 2 aromatic rings. The van der Waals surface area contributed by atoms with Crippen LogP contribution in [0.4, 0.5) is 4.79 Å². The summed E-state index contributed by atoms with van der Waals surface area (Å²) < 4.78 is 5.13. The highest BCUT2D eigenvalue weighted by atomic mass is 16.6. The van der Waals surface area contributed by atoms with Gasteiger partial charge in [0.25, 0.3) is 0 Å². The number of carbonyl (C=O) groups is 1. The van der Waals surface area contributed by atoms with Crippen LogP contribution in [0.2, 0.25) is 0 Å². The van der Waals surface area contributed by atoms with E-state index in [1.165, 1.54) is 0 Å². The number of H-pyrrole nitrogens is 1. The van der Waals surface area contributed by atoms with Crippen LogP contribution in [0, 0.1) is 11.8 Å². The summed E-state index contributed by atoms with van der Waals surface area (Å²) in [6.07, 6.45) is 1.93. The third-order valence-corrected chi connectivity index (χ3v) is 2.59. The van der Waals surface area contributed by atoms with Gasteiger partial charge < -0.3 is 10.1 Å². The van der Waals surface area contributed by atoms with Crippen molar-refractivity contribution in [2.24, 2.45) is 0 Å². The Labute approximate surface area is 124 Å². The van der Waals surface area contributed by atoms with Crippen LogP contribution in [0.1, 0.15) is 32.8 Å². The summed E-state index contributed by atoms with van der Waals surface area (Å²) in [6.45, 7) is 5.96. The van der Waals surface area contributed by atoms with Crippen LogP contribution in [0.25, 0.3) is 10.9 Å². The van der Waals surface area contributed by atoms with Crippen molar-refractivity contribution in [1.29, 1.82) is 0 Å². The quantitative estimate of drug-likeness (QED) is 0.658. The second-order valence-corrected chi connectivity index (χ2v) is 5.65. The Kier molecular flexibility index (Phi) is 4.49. The average molecular weight is 285 g/mol. The fourth-order valence-corrected chi connectivity index (χ4v) is 1.72. The molecule has 0 aliphatic rings. The molecule has 1 heterocycles. The summed E-state index contributed by atoms with van der Waals surface area (Å²) >= 11 is 0. The van der Waals surface area contributed by atoms with Gasteiger partial charge in [0.15, 0.2) is 0 Å². The monoisotopic (exact) mass is 285 g/mol. The SMILES string of the molecule is CC(C)(C)OC(=O)NCCC#Cc1ccc2cn[nH]c2c1. The fraction of sp³-hybridized carbons (Fsp3) is 0.375. The van der Waals surface area contributed by atoms with Gasteiger partial charge in [-0.3, -0.25) is 5.10 Å². The van der Waals surface area contributed by atoms with Gasteiger partial charge in [-0.2, -0.15) is 5.10 Å². The van der Waals surface area contributed by atoms with Crippen molar-refractivity contribution >= 4 is 17.0 Å². The maximum Gasteiger partial charge on any atom is 0.407 e. The molecule has 5 nitrogen and oxygen atoms in total. The van der Waals surface area contributed by atoms with Gasteiger partial charge >= 0.3 is 6.09 Å². The summed E-state index contributed by atoms with van der Waals surface area (Å²) in [6, 6.07) is 5.88. The number of nitrogens with zero attached hydrogens (tertiary/aromatic N) is 1. The largest absolute Gasteiger partial charge is 0.444 e. The number of fused-ring (bicyclic) bond motifs is 1. The summed E-state index contributed by atoms with van der Waals surface area (Å²) in [5, 5.41) is 10.6. The lowest BCUT2D eigenvalue weighted by Gasteiger charge is -2.19. The maximum absolute atomic E-state index is 11.4. The number of aromatic amines is 1. The van der Waals surface area contributed by atoms with Crippen molar-refractivity contribution in [3.05, 3.63) is 30.0 Å². The Hall–Kier alpha value is -2.48. The summed E-state index contributed by atoms with van der Waals surface area (Å²) in [5.41, 5.74) is 1.41. The molecule has 0 radical (unpaired) electrons. The number of rotatable bonds is 2. The molecule has 0 aliphatic heterocycles. The van der Waals surface area contributed by atoms with Gasteiger partial charge in [-0.05, 0) is 39.0 Å². The highest BCUT2D eigenvalue weighted by Crippen LogP contribution is 2.11. The molecule has 1 amide bonds. The zero-order chi connectivity index (χ0) is 15.3. The Morgan fingerprint density at radius 2 is 2.24 bits per heavy atom. The second-order valence-electron chi connectivity index (χ2n) is 5.65. The number of nitrogens with one attached hydrogen (secondary N) is 2. The molecule has 1 aromatic heterocycles. The van der Waals surface area contributed by atoms with Gasteiger partial charge in [-0.1, -0.05) is 11.8 Å². The van der Waals surface area contributed by atoms with E-state index >= 15 is 0 Å². The standard InChI is InChI=1S/C16H19N3O2/c1-16(2,3)21-15(20)17-9-5-4-6-12-7-8-13-11-18-19-14(13)10-12/h7-8,10-11H,5,9H2,1-3H3,(H,17,20)(H,18,19). The number of hydrogen-bond acceptors (Lipinski definition) is 3. The smallest absolute Gasteiger partial charge is 0.407 e. The minimum atomic E-state index is -0.477. The number of alkyl carbamates (subject to hydrolysis) is 1. The molecule has 0 unspecified atom stereocenters. The first-order valence-corrected chi connectivity index (χ1v) is 6.83. The molecule has 0 bridgehead atoms. The minimum Gasteiger partial charge on any atom is -0.444 e. The first-order valence-electron chi connectivity index (χ1n) is 6.83. The number of benzene rings is 1. The normalized spacial score (nSPS) is 10.8. The van der Waals surface area contributed by atoms with Crippen LogP contribution in [0.15, 0.2) is 24.4 Å². The van der Waals surface area contributed by atoms with Gasteiger partial charge in [0, 0.05) is 23.9 Å². The first-order chi connectivity index (χ1) is 9.94. The van der Waals surface area contributed by atoms with Crippen molar-refractivity contribution in [3.8, 4) is 11.8 Å². The summed E-state index contributed by atoms with van der Waals surface area (Å²) in [4.78, 5) is 11.4. The first kappa shape index (κ1) is 14.9. The van der Waals surface area contributed by atoms with Crippen LogP contribution in [-0.2, 0) is 4.74 Å². The van der Waals surface area contributed by atoms with E-state index < -0.39 is 11.7 Å². The minimum absolute atomic E-state index is 0.414. The van der Waals surface area contributed by atoms with E-state index in [1.807, 2.05) is 39.0 Å². The van der Waals surface area contributed by atoms with Crippen LogP contribution in [0.5, 0.6) is 0 Å². The Morgan fingerprint density at radius 1 is 1.43 bits per heavy atom. The van der Waals surface area contributed by atoms with Crippen LogP contribution in [-0.4, -0.2) is 28.4 Å². The van der Waals surface area contributed by atoms with Crippen molar-refractivity contribution < 1.29 is 9.53 Å². The molecule has 110 valence electrons. The lowest BCUT2D eigenvalue weighted by atomic mass is 10.2. The molecular formula is C16H19N3O2. The molecule has 0 saturated carbocycles. The summed E-state index contributed by atoms with van der Waals surface area (Å²) in [7, 11) is 0. The van der Waals surface area contributed by atoms with Gasteiger partial charge in [-0.25, -0.2) is 4.79 Å². The molecule has 0 aliphatic carbocycles. The molecule has 0 atom stereocenters. The predicted octanol–water partition coefficient (Wildman–Crippen LogP) is 2.83. The Balaban J connectivity index is 1.80. The highest BCUT2D eigenvalue weighted by molar-refractivity contribution is 5.79. The van der Waals surface area contributed by atoms with Gasteiger partial charge in [0.2, 0.25) is 0 Å². The van der Waals surface area contributed by atoms with E-state index in [-0.39, 0.29) is 0 Å². The van der Waals surface area contributed by atoms with E-state index in [0.29, 0.717) is 13.0 Å². The molecule has 2 rings (SSSR count). The lowest BCUT2D eigenvalue weighted by molar-refractivity contribution is 0.0529. The van der Waals surface area contributed by atoms with E-state index in [0.717, 1.165) is 16.5 Å². The van der Waals surface area contributed by atoms with E-state index in [4.69, 9.17) is 4.74 Å². The van der Waals surface area contributed by atoms with Gasteiger partial charge in [-0.15, -0.1) is 0 Å². The predicted molar refractivity (Wildman–Crippen MR) is 81.8 cm³/mol. The molecule has 0 saturated heterocycles. The molecule has 1 aromatic carbocycles. The zero-order valence-corrected chi connectivity index (χ0v) is 12.5. The van der Waals surface area contributed by atoms with Crippen LogP contribution >= 0.6 is 0 Å². The molecule has 0 spiro atoms. The van der Waals surface area contributed by atoms with E-state index in [9.17, 15) is 4.79 Å².